The lowest BCUT2D eigenvalue weighted by molar-refractivity contribution is 0.661. The molecule has 4 nitrogen and oxygen atoms in total. The van der Waals surface area contributed by atoms with E-state index in [-0.39, 0.29) is 5.41 Å². The number of para-hydroxylation sites is 2. The molecule has 0 aliphatic heterocycles. The van der Waals surface area contributed by atoms with Gasteiger partial charge in [0.15, 0.2) is 0 Å². The van der Waals surface area contributed by atoms with E-state index in [2.05, 4.69) is 128 Å². The maximum absolute atomic E-state index is 6.66. The van der Waals surface area contributed by atoms with Crippen LogP contribution >= 0.6 is 0 Å². The minimum atomic E-state index is -0.143. The second-order valence-corrected chi connectivity index (χ2v) is 12.6. The van der Waals surface area contributed by atoms with Gasteiger partial charge in [-0.25, -0.2) is 9.97 Å². The van der Waals surface area contributed by atoms with Crippen LogP contribution < -0.4 is 0 Å². The van der Waals surface area contributed by atoms with Gasteiger partial charge in [0.25, 0.3) is 0 Å². The van der Waals surface area contributed by atoms with E-state index in [0.29, 0.717) is 5.95 Å². The Hall–Kier alpha value is -5.74. The van der Waals surface area contributed by atoms with Crippen molar-refractivity contribution in [2.24, 2.45) is 0 Å². The largest absolute Gasteiger partial charge is 0.455 e. The molecule has 0 bridgehead atoms. The van der Waals surface area contributed by atoms with Gasteiger partial charge in [-0.3, -0.25) is 4.57 Å². The Kier molecular flexibility index (Phi) is 4.76. The van der Waals surface area contributed by atoms with E-state index in [1.54, 1.807) is 0 Å². The molecule has 9 aromatic rings. The van der Waals surface area contributed by atoms with E-state index >= 15 is 0 Å². The number of nitrogens with zero attached hydrogens (tertiary/aromatic N) is 3. The van der Waals surface area contributed by atoms with Crippen LogP contribution in [0.1, 0.15) is 25.0 Å². The van der Waals surface area contributed by atoms with Crippen LogP contribution in [-0.2, 0) is 5.41 Å². The molecular weight excluding hydrogens is 550 g/mol. The van der Waals surface area contributed by atoms with E-state index in [1.807, 2.05) is 18.2 Å². The zero-order valence-electron chi connectivity index (χ0n) is 24.9. The van der Waals surface area contributed by atoms with E-state index in [9.17, 15) is 0 Å². The number of benzene rings is 6. The Morgan fingerprint density at radius 3 is 2.22 bits per heavy atom. The summed E-state index contributed by atoms with van der Waals surface area (Å²) in [5.41, 5.74) is 11.9. The van der Waals surface area contributed by atoms with Crippen molar-refractivity contribution in [1.29, 1.82) is 0 Å². The number of fused-ring (bicyclic) bond motifs is 11. The van der Waals surface area contributed by atoms with E-state index in [4.69, 9.17) is 14.4 Å². The van der Waals surface area contributed by atoms with Crippen LogP contribution in [0.5, 0.6) is 0 Å². The normalized spacial score (nSPS) is 13.7. The topological polar surface area (TPSA) is 43.9 Å². The molecule has 212 valence electrons. The molecule has 4 heteroatoms. The van der Waals surface area contributed by atoms with Gasteiger partial charge in [-0.1, -0.05) is 105 Å². The number of hydrogen-bond acceptors (Lipinski definition) is 3. The molecule has 10 rings (SSSR count). The molecule has 0 unspecified atom stereocenters. The second-order valence-electron chi connectivity index (χ2n) is 12.6. The Bertz CT molecular complexity index is 2680. The molecule has 1 aliphatic rings. The van der Waals surface area contributed by atoms with Gasteiger partial charge in [0, 0.05) is 32.5 Å². The van der Waals surface area contributed by atoms with Gasteiger partial charge in [0.1, 0.15) is 11.2 Å². The van der Waals surface area contributed by atoms with E-state index < -0.39 is 0 Å². The van der Waals surface area contributed by atoms with Crippen molar-refractivity contribution < 1.29 is 4.42 Å². The Morgan fingerprint density at radius 1 is 0.578 bits per heavy atom. The van der Waals surface area contributed by atoms with Crippen LogP contribution in [0.15, 0.2) is 132 Å². The fourth-order valence-corrected chi connectivity index (χ4v) is 7.67. The summed E-state index contributed by atoms with van der Waals surface area (Å²) < 4.78 is 8.91. The van der Waals surface area contributed by atoms with Crippen LogP contribution in [0.2, 0.25) is 0 Å². The summed E-state index contributed by atoms with van der Waals surface area (Å²) in [5.74, 6) is 0.649. The minimum Gasteiger partial charge on any atom is -0.455 e. The summed E-state index contributed by atoms with van der Waals surface area (Å²) >= 11 is 0. The molecule has 0 fully saturated rings. The molecule has 0 N–H and O–H groups in total. The first kappa shape index (κ1) is 24.7. The Labute approximate surface area is 259 Å². The van der Waals surface area contributed by atoms with Gasteiger partial charge in [0.05, 0.1) is 27.6 Å². The first-order valence-electron chi connectivity index (χ1n) is 15.4. The average molecular weight is 578 g/mol. The number of furan rings is 1. The van der Waals surface area contributed by atoms with Crippen molar-refractivity contribution in [3.8, 4) is 28.3 Å². The quantitative estimate of drug-likeness (QED) is 0.205. The first-order chi connectivity index (χ1) is 22.1. The molecule has 6 aromatic carbocycles. The summed E-state index contributed by atoms with van der Waals surface area (Å²) in [4.78, 5) is 10.5. The zero-order valence-corrected chi connectivity index (χ0v) is 24.9. The van der Waals surface area contributed by atoms with Crippen LogP contribution in [0.25, 0.3) is 83.0 Å². The van der Waals surface area contributed by atoms with Gasteiger partial charge >= 0.3 is 0 Å². The van der Waals surface area contributed by atoms with E-state index in [0.717, 1.165) is 65.9 Å². The predicted octanol–water partition coefficient (Wildman–Crippen LogP) is 10.6. The lowest BCUT2D eigenvalue weighted by Gasteiger charge is -2.21. The third kappa shape index (κ3) is 3.26. The molecule has 1 aliphatic carbocycles. The average Bonchev–Trinajstić information content (AvgIpc) is 3.69. The van der Waals surface area contributed by atoms with Crippen LogP contribution in [0.4, 0.5) is 0 Å². The molecule has 0 saturated heterocycles. The molecule has 0 radical (unpaired) electrons. The molecule has 0 amide bonds. The SMILES string of the molecule is CC1(C)c2ccccc2-c2cc3c4c5oc6ccccc6c5ccc4n(-c4nc(-c5ccccc5)c5ccccc5n4)c3cc21. The summed E-state index contributed by atoms with van der Waals surface area (Å²) in [5, 5.41) is 5.49. The molecule has 3 aromatic heterocycles. The Balaban J connectivity index is 1.39. The third-order valence-corrected chi connectivity index (χ3v) is 9.81. The van der Waals surface area contributed by atoms with Gasteiger partial charge in [0.2, 0.25) is 5.95 Å². The second kappa shape index (κ2) is 8.67. The van der Waals surface area contributed by atoms with Crippen molar-refractivity contribution in [2.75, 3.05) is 0 Å². The molecule has 3 heterocycles. The van der Waals surface area contributed by atoms with Gasteiger partial charge in [-0.05, 0) is 58.7 Å². The molecule has 0 atom stereocenters. The van der Waals surface area contributed by atoms with Crippen molar-refractivity contribution in [1.82, 2.24) is 14.5 Å². The highest BCUT2D eigenvalue weighted by Crippen LogP contribution is 2.51. The van der Waals surface area contributed by atoms with Crippen LogP contribution in [0.3, 0.4) is 0 Å². The van der Waals surface area contributed by atoms with Crippen molar-refractivity contribution >= 4 is 54.6 Å². The fraction of sp³-hybridized carbons (Fsp3) is 0.0732. The van der Waals surface area contributed by atoms with Crippen molar-refractivity contribution in [2.45, 2.75) is 19.3 Å². The van der Waals surface area contributed by atoms with Crippen LogP contribution in [-0.4, -0.2) is 14.5 Å². The highest BCUT2D eigenvalue weighted by Gasteiger charge is 2.36. The third-order valence-electron chi connectivity index (χ3n) is 9.81. The predicted molar refractivity (Wildman–Crippen MR) is 184 cm³/mol. The zero-order chi connectivity index (χ0) is 29.9. The van der Waals surface area contributed by atoms with Crippen molar-refractivity contribution in [3.63, 3.8) is 0 Å². The summed E-state index contributed by atoms with van der Waals surface area (Å²) in [7, 11) is 0. The maximum atomic E-state index is 6.66. The molecule has 45 heavy (non-hydrogen) atoms. The van der Waals surface area contributed by atoms with Gasteiger partial charge in [-0.2, -0.15) is 0 Å². The lowest BCUT2D eigenvalue weighted by atomic mass is 9.82. The Morgan fingerprint density at radius 2 is 1.33 bits per heavy atom. The molecular formula is C41H27N3O. The summed E-state index contributed by atoms with van der Waals surface area (Å²) in [6.45, 7) is 4.65. The van der Waals surface area contributed by atoms with Gasteiger partial charge < -0.3 is 4.42 Å². The highest BCUT2D eigenvalue weighted by molar-refractivity contribution is 6.24. The fourth-order valence-electron chi connectivity index (χ4n) is 7.67. The number of rotatable bonds is 2. The van der Waals surface area contributed by atoms with Crippen molar-refractivity contribution in [3.05, 3.63) is 139 Å². The first-order valence-corrected chi connectivity index (χ1v) is 15.4. The minimum absolute atomic E-state index is 0.143. The molecule has 0 saturated carbocycles. The number of hydrogen-bond donors (Lipinski definition) is 0. The number of aromatic nitrogens is 3. The van der Waals surface area contributed by atoms with Crippen LogP contribution in [0, 0.1) is 0 Å². The van der Waals surface area contributed by atoms with Gasteiger partial charge in [-0.15, -0.1) is 0 Å². The standard InChI is InChI=1S/C41H27N3O/c1-41(2)31-17-9-6-14-25(31)29-22-30-35(23-32(29)41)44(34-21-20-27-26-15-8-11-19-36(26)45-39(27)37(30)34)40-42-33-18-10-7-16-28(33)38(43-40)24-12-4-3-5-13-24/h3-23H,1-2H3. The lowest BCUT2D eigenvalue weighted by Crippen LogP contribution is -2.15. The maximum Gasteiger partial charge on any atom is 0.235 e. The van der Waals surface area contributed by atoms with E-state index in [1.165, 1.54) is 22.3 Å². The summed E-state index contributed by atoms with van der Waals surface area (Å²) in [6, 6.07) is 45.0. The summed E-state index contributed by atoms with van der Waals surface area (Å²) in [6.07, 6.45) is 0. The molecule has 0 spiro atoms. The smallest absolute Gasteiger partial charge is 0.235 e. The highest BCUT2D eigenvalue weighted by atomic mass is 16.3. The monoisotopic (exact) mass is 577 g/mol.